The summed E-state index contributed by atoms with van der Waals surface area (Å²) in [4.78, 5) is 25.0. The van der Waals surface area contributed by atoms with E-state index in [0.717, 1.165) is 0 Å². The zero-order valence-electron chi connectivity index (χ0n) is 15.7. The largest absolute Gasteiger partial charge is 0.483 e. The first-order valence-electron chi connectivity index (χ1n) is 8.74. The molecule has 0 radical (unpaired) electrons. The molecule has 0 aliphatic carbocycles. The highest BCUT2D eigenvalue weighted by Crippen LogP contribution is 2.26. The van der Waals surface area contributed by atoms with Gasteiger partial charge in [-0.1, -0.05) is 12.1 Å². The zero-order chi connectivity index (χ0) is 22.4. The highest BCUT2D eigenvalue weighted by Gasteiger charge is 2.29. The fourth-order valence-corrected chi connectivity index (χ4v) is 3.19. The second kappa shape index (κ2) is 9.32. The van der Waals surface area contributed by atoms with Crippen molar-refractivity contribution in [2.45, 2.75) is 6.18 Å². The van der Waals surface area contributed by atoms with Gasteiger partial charge in [-0.3, -0.25) is 9.59 Å². The maximum Gasteiger partial charge on any atom is 0.422 e. The van der Waals surface area contributed by atoms with E-state index < -0.39 is 18.7 Å². The Bertz CT molecular complexity index is 1140. The molecule has 0 aliphatic rings. The molecular weight excluding hydrogens is 431 g/mol. The van der Waals surface area contributed by atoms with Gasteiger partial charge in [-0.25, -0.2) is 0 Å². The van der Waals surface area contributed by atoms with Crippen molar-refractivity contribution in [3.8, 4) is 11.8 Å². The standard InChI is InChI=1S/C21H14F3N3O3S/c22-21(23,24)12-30-18-6-5-15(9-14(18)10-25)26-20(29)16-3-1-2-4-17(16)27-19(28)13-7-8-31-11-13/h1-9,11H,12H2,(H,26,29)(H,27,28). The van der Waals surface area contributed by atoms with Crippen molar-refractivity contribution in [3.63, 3.8) is 0 Å². The summed E-state index contributed by atoms with van der Waals surface area (Å²) in [6, 6.07) is 13.4. The molecule has 3 aromatic rings. The van der Waals surface area contributed by atoms with Gasteiger partial charge in [-0.15, -0.1) is 0 Å². The topological polar surface area (TPSA) is 91.2 Å². The van der Waals surface area contributed by atoms with E-state index in [9.17, 15) is 28.0 Å². The quantitative estimate of drug-likeness (QED) is 0.555. The van der Waals surface area contributed by atoms with Crippen LogP contribution in [0.3, 0.4) is 0 Å². The van der Waals surface area contributed by atoms with E-state index in [4.69, 9.17) is 0 Å². The van der Waals surface area contributed by atoms with E-state index in [-0.39, 0.29) is 34.2 Å². The summed E-state index contributed by atoms with van der Waals surface area (Å²) in [5.41, 5.74) is 0.915. The predicted molar refractivity (Wildman–Crippen MR) is 109 cm³/mol. The number of nitrogens with one attached hydrogen (secondary N) is 2. The number of nitriles is 1. The van der Waals surface area contributed by atoms with Gasteiger partial charge in [0.2, 0.25) is 0 Å². The van der Waals surface area contributed by atoms with Gasteiger partial charge < -0.3 is 15.4 Å². The summed E-state index contributed by atoms with van der Waals surface area (Å²) >= 11 is 1.36. The van der Waals surface area contributed by atoms with Crippen molar-refractivity contribution in [1.82, 2.24) is 0 Å². The number of hydrogen-bond donors (Lipinski definition) is 2. The number of ether oxygens (including phenoxy) is 1. The molecule has 0 aliphatic heterocycles. The summed E-state index contributed by atoms with van der Waals surface area (Å²) in [5.74, 6) is -1.20. The van der Waals surface area contributed by atoms with Crippen LogP contribution in [0.4, 0.5) is 24.5 Å². The molecule has 0 spiro atoms. The normalized spacial score (nSPS) is 10.8. The highest BCUT2D eigenvalue weighted by atomic mass is 32.1. The molecule has 0 fully saturated rings. The van der Waals surface area contributed by atoms with Crippen LogP contribution in [0.5, 0.6) is 5.75 Å². The number of alkyl halides is 3. The fraction of sp³-hybridized carbons (Fsp3) is 0.0952. The number of anilines is 2. The Morgan fingerprint density at radius 1 is 1.06 bits per heavy atom. The molecular formula is C21H14F3N3O3S. The van der Waals surface area contributed by atoms with Gasteiger partial charge in [0.05, 0.1) is 22.4 Å². The minimum absolute atomic E-state index is 0.166. The molecule has 10 heteroatoms. The number of nitrogens with zero attached hydrogens (tertiary/aromatic N) is 1. The van der Waals surface area contributed by atoms with E-state index in [1.54, 1.807) is 41.1 Å². The summed E-state index contributed by atoms with van der Waals surface area (Å²) < 4.78 is 41.6. The number of para-hydroxylation sites is 1. The van der Waals surface area contributed by atoms with Crippen LogP contribution in [-0.2, 0) is 0 Å². The van der Waals surface area contributed by atoms with E-state index in [1.165, 1.54) is 35.6 Å². The lowest BCUT2D eigenvalue weighted by molar-refractivity contribution is -0.153. The Morgan fingerprint density at radius 2 is 1.84 bits per heavy atom. The van der Waals surface area contributed by atoms with Crippen molar-refractivity contribution < 1.29 is 27.5 Å². The molecule has 0 saturated heterocycles. The third kappa shape index (κ3) is 5.83. The summed E-state index contributed by atoms with van der Waals surface area (Å²) in [7, 11) is 0. The molecule has 2 N–H and O–H groups in total. The van der Waals surface area contributed by atoms with E-state index in [1.807, 2.05) is 0 Å². The monoisotopic (exact) mass is 445 g/mol. The molecule has 0 saturated carbocycles. The molecule has 1 heterocycles. The lowest BCUT2D eigenvalue weighted by Crippen LogP contribution is -2.20. The van der Waals surface area contributed by atoms with Crippen LogP contribution in [0.25, 0.3) is 0 Å². The minimum Gasteiger partial charge on any atom is -0.483 e. The molecule has 31 heavy (non-hydrogen) atoms. The van der Waals surface area contributed by atoms with Crippen molar-refractivity contribution >= 4 is 34.5 Å². The molecule has 1 aromatic heterocycles. The Morgan fingerprint density at radius 3 is 2.52 bits per heavy atom. The van der Waals surface area contributed by atoms with E-state index in [2.05, 4.69) is 15.4 Å². The van der Waals surface area contributed by atoms with Crippen LogP contribution in [-0.4, -0.2) is 24.6 Å². The number of halogens is 3. The number of amides is 2. The summed E-state index contributed by atoms with van der Waals surface area (Å²) in [5, 5.41) is 17.8. The first kappa shape index (κ1) is 21.9. The van der Waals surface area contributed by atoms with Gasteiger partial charge in [0.1, 0.15) is 11.8 Å². The molecule has 0 bridgehead atoms. The smallest absolute Gasteiger partial charge is 0.422 e. The number of hydrogen-bond acceptors (Lipinski definition) is 5. The lowest BCUT2D eigenvalue weighted by Gasteiger charge is -2.13. The molecule has 6 nitrogen and oxygen atoms in total. The van der Waals surface area contributed by atoms with Gasteiger partial charge in [0.15, 0.2) is 6.61 Å². The molecule has 0 unspecified atom stereocenters. The second-order valence-corrected chi connectivity index (χ2v) is 6.97. The SMILES string of the molecule is N#Cc1cc(NC(=O)c2ccccc2NC(=O)c2ccsc2)ccc1OCC(F)(F)F. The van der Waals surface area contributed by atoms with Crippen molar-refractivity contribution in [1.29, 1.82) is 5.26 Å². The molecule has 2 amide bonds. The van der Waals surface area contributed by atoms with Gasteiger partial charge in [-0.2, -0.15) is 29.8 Å². The number of benzene rings is 2. The Kier molecular flexibility index (Phi) is 6.57. The number of carbonyl (C=O) groups is 2. The average Bonchev–Trinajstić information content (AvgIpc) is 3.27. The Hall–Kier alpha value is -3.84. The Labute approximate surface area is 178 Å². The second-order valence-electron chi connectivity index (χ2n) is 6.19. The maximum absolute atomic E-state index is 12.7. The molecule has 2 aromatic carbocycles. The van der Waals surface area contributed by atoms with Gasteiger partial charge in [-0.05, 0) is 41.8 Å². The summed E-state index contributed by atoms with van der Waals surface area (Å²) in [6.45, 7) is -1.54. The fourth-order valence-electron chi connectivity index (χ4n) is 2.56. The first-order valence-corrected chi connectivity index (χ1v) is 9.69. The number of carbonyl (C=O) groups excluding carboxylic acids is 2. The highest BCUT2D eigenvalue weighted by molar-refractivity contribution is 7.08. The van der Waals surface area contributed by atoms with Gasteiger partial charge in [0, 0.05) is 11.1 Å². The van der Waals surface area contributed by atoms with Crippen molar-refractivity contribution in [3.05, 3.63) is 76.0 Å². The van der Waals surface area contributed by atoms with Crippen LogP contribution in [0.2, 0.25) is 0 Å². The minimum atomic E-state index is -4.54. The third-order valence-electron chi connectivity index (χ3n) is 3.95. The third-order valence-corrected chi connectivity index (χ3v) is 4.64. The molecule has 3 rings (SSSR count). The van der Waals surface area contributed by atoms with Gasteiger partial charge >= 0.3 is 6.18 Å². The van der Waals surface area contributed by atoms with Crippen LogP contribution in [0.15, 0.2) is 59.3 Å². The van der Waals surface area contributed by atoms with Crippen molar-refractivity contribution in [2.75, 3.05) is 17.2 Å². The van der Waals surface area contributed by atoms with E-state index >= 15 is 0 Å². The van der Waals surface area contributed by atoms with Gasteiger partial charge in [0.25, 0.3) is 11.8 Å². The van der Waals surface area contributed by atoms with E-state index in [0.29, 0.717) is 5.56 Å². The van der Waals surface area contributed by atoms with Crippen LogP contribution in [0.1, 0.15) is 26.3 Å². The average molecular weight is 445 g/mol. The molecule has 0 atom stereocenters. The summed E-state index contributed by atoms with van der Waals surface area (Å²) in [6.07, 6.45) is -4.54. The lowest BCUT2D eigenvalue weighted by atomic mass is 10.1. The van der Waals surface area contributed by atoms with Crippen LogP contribution < -0.4 is 15.4 Å². The zero-order valence-corrected chi connectivity index (χ0v) is 16.5. The van der Waals surface area contributed by atoms with Crippen LogP contribution in [0, 0.1) is 11.3 Å². The van der Waals surface area contributed by atoms with Crippen LogP contribution >= 0.6 is 11.3 Å². The number of rotatable bonds is 6. The molecule has 158 valence electrons. The maximum atomic E-state index is 12.7. The predicted octanol–water partition coefficient (Wildman–Crippen LogP) is 5.07. The number of thiophene rings is 1. The first-order chi connectivity index (χ1) is 14.8. The Balaban J connectivity index is 1.76. The van der Waals surface area contributed by atoms with Crippen molar-refractivity contribution in [2.24, 2.45) is 0 Å².